The normalized spacial score (nSPS) is 23.4. The van der Waals surface area contributed by atoms with Crippen LogP contribution < -0.4 is 0 Å². The molecule has 0 aromatic rings. The zero-order valence-corrected chi connectivity index (χ0v) is 11.7. The van der Waals surface area contributed by atoms with E-state index in [9.17, 15) is 27.0 Å². The highest BCUT2D eigenvalue weighted by Gasteiger charge is 2.41. The second-order valence-electron chi connectivity index (χ2n) is 4.99. The molecule has 1 saturated heterocycles. The quantitative estimate of drug-likeness (QED) is 0.726. The van der Waals surface area contributed by atoms with E-state index in [4.69, 9.17) is 0 Å². The predicted molar refractivity (Wildman–Crippen MR) is 65.6 cm³/mol. The van der Waals surface area contributed by atoms with Crippen molar-refractivity contribution in [2.75, 3.05) is 12.3 Å². The number of carboxylic acid groups (broad SMARTS) is 1. The van der Waals surface area contributed by atoms with E-state index >= 15 is 0 Å². The van der Waals surface area contributed by atoms with Crippen LogP contribution in [0.25, 0.3) is 0 Å². The van der Waals surface area contributed by atoms with E-state index in [0.717, 1.165) is 4.90 Å². The van der Waals surface area contributed by atoms with Gasteiger partial charge in [0.15, 0.2) is 0 Å². The van der Waals surface area contributed by atoms with Crippen LogP contribution in [-0.2, 0) is 19.8 Å². The number of likely N-dealkylation sites (tertiary alicyclic amines) is 1. The summed E-state index contributed by atoms with van der Waals surface area (Å²) in [5.41, 5.74) is 0. The first kappa shape index (κ1) is 15.9. The van der Waals surface area contributed by atoms with Crippen molar-refractivity contribution in [2.24, 2.45) is 11.8 Å². The molecule has 1 rings (SSSR count). The molecule has 1 N–H and O–H groups in total. The van der Waals surface area contributed by atoms with Gasteiger partial charge in [0.1, 0.15) is 6.04 Å². The third-order valence-corrected chi connectivity index (χ3v) is 4.31. The molecular formula is C11H18FNO5S. The summed E-state index contributed by atoms with van der Waals surface area (Å²) in [5, 5.41) is 9.19. The van der Waals surface area contributed by atoms with Crippen molar-refractivity contribution in [1.29, 1.82) is 0 Å². The molecule has 0 aromatic heterocycles. The smallest absolute Gasteiger partial charge is 0.326 e. The Morgan fingerprint density at radius 1 is 1.58 bits per heavy atom. The van der Waals surface area contributed by atoms with Gasteiger partial charge >= 0.3 is 16.2 Å². The van der Waals surface area contributed by atoms with Gasteiger partial charge in [-0.3, -0.25) is 4.79 Å². The Hall–Kier alpha value is -1.18. The highest BCUT2D eigenvalue weighted by Crippen LogP contribution is 2.26. The van der Waals surface area contributed by atoms with Crippen LogP contribution in [0.5, 0.6) is 0 Å². The molecule has 1 amide bonds. The predicted octanol–water partition coefficient (Wildman–Crippen LogP) is 0.634. The Morgan fingerprint density at radius 3 is 2.58 bits per heavy atom. The van der Waals surface area contributed by atoms with Gasteiger partial charge < -0.3 is 10.0 Å². The first-order valence-corrected chi connectivity index (χ1v) is 7.65. The number of carbonyl (C=O) groups is 2. The Balaban J connectivity index is 2.84. The van der Waals surface area contributed by atoms with Gasteiger partial charge in [-0.1, -0.05) is 20.3 Å². The fraction of sp³-hybridized carbons (Fsp3) is 0.818. The summed E-state index contributed by atoms with van der Waals surface area (Å²) in [5.74, 6) is -3.20. The maximum absolute atomic E-state index is 12.6. The van der Waals surface area contributed by atoms with E-state index in [2.05, 4.69) is 0 Å². The van der Waals surface area contributed by atoms with Crippen molar-refractivity contribution >= 4 is 22.1 Å². The van der Waals surface area contributed by atoms with Crippen molar-refractivity contribution in [2.45, 2.75) is 32.7 Å². The lowest BCUT2D eigenvalue weighted by molar-refractivity contribution is -0.150. The average molecular weight is 295 g/mol. The van der Waals surface area contributed by atoms with Crippen LogP contribution in [0.1, 0.15) is 26.7 Å². The van der Waals surface area contributed by atoms with Crippen LogP contribution in [-0.4, -0.2) is 48.6 Å². The molecule has 1 fully saturated rings. The van der Waals surface area contributed by atoms with E-state index in [1.165, 1.54) is 0 Å². The minimum Gasteiger partial charge on any atom is -0.480 e. The van der Waals surface area contributed by atoms with E-state index in [1.807, 2.05) is 6.92 Å². The molecule has 0 saturated carbocycles. The van der Waals surface area contributed by atoms with Crippen molar-refractivity contribution in [3.63, 3.8) is 0 Å². The summed E-state index contributed by atoms with van der Waals surface area (Å²) in [4.78, 5) is 24.2. The van der Waals surface area contributed by atoms with Gasteiger partial charge in [0.25, 0.3) is 0 Å². The highest BCUT2D eigenvalue weighted by molar-refractivity contribution is 7.86. The molecule has 1 unspecified atom stereocenters. The Bertz CT molecular complexity index is 464. The van der Waals surface area contributed by atoms with Crippen molar-refractivity contribution in [1.82, 2.24) is 4.90 Å². The summed E-state index contributed by atoms with van der Waals surface area (Å²) in [7, 11) is -4.65. The number of carboxylic acids is 1. The van der Waals surface area contributed by atoms with Crippen molar-refractivity contribution < 1.29 is 27.0 Å². The fourth-order valence-corrected chi connectivity index (χ4v) is 3.16. The Morgan fingerprint density at radius 2 is 2.16 bits per heavy atom. The van der Waals surface area contributed by atoms with E-state index < -0.39 is 39.8 Å². The van der Waals surface area contributed by atoms with Crippen LogP contribution in [0.3, 0.4) is 0 Å². The van der Waals surface area contributed by atoms with Crippen molar-refractivity contribution in [3.05, 3.63) is 0 Å². The molecule has 1 aliphatic heterocycles. The average Bonchev–Trinajstić information content (AvgIpc) is 2.56. The van der Waals surface area contributed by atoms with Gasteiger partial charge in [-0.05, 0) is 5.92 Å². The second kappa shape index (κ2) is 5.85. The zero-order valence-electron chi connectivity index (χ0n) is 10.9. The largest absolute Gasteiger partial charge is 0.480 e. The van der Waals surface area contributed by atoms with Crippen molar-refractivity contribution in [3.8, 4) is 0 Å². The first-order chi connectivity index (χ1) is 8.65. The molecule has 0 bridgehead atoms. The third-order valence-electron chi connectivity index (χ3n) is 3.45. The molecule has 1 heterocycles. The van der Waals surface area contributed by atoms with Crippen LogP contribution in [0, 0.1) is 11.8 Å². The first-order valence-electron chi connectivity index (χ1n) is 6.10. The highest BCUT2D eigenvalue weighted by atomic mass is 32.3. The maximum Gasteiger partial charge on any atom is 0.326 e. The summed E-state index contributed by atoms with van der Waals surface area (Å²) in [6.07, 6.45) is 0.455. The standard InChI is InChI=1S/C11H18FNO5S/c1-3-7(2)10(11(15)16)13-5-8(4-9(13)14)6-19(12,17)18/h7-8,10H,3-6H2,1-2H3,(H,15,16)/t7-,8?,10+/m0/s1. The monoisotopic (exact) mass is 295 g/mol. The van der Waals surface area contributed by atoms with Gasteiger partial charge in [-0.2, -0.15) is 8.42 Å². The SMILES string of the molecule is CC[C@H](C)[C@H](C(=O)O)N1CC(CS(=O)(=O)F)CC1=O. The summed E-state index contributed by atoms with van der Waals surface area (Å²) >= 11 is 0. The summed E-state index contributed by atoms with van der Waals surface area (Å²) in [6, 6.07) is -0.982. The molecule has 3 atom stereocenters. The van der Waals surface area contributed by atoms with Gasteiger partial charge in [-0.15, -0.1) is 3.89 Å². The molecule has 0 aliphatic carbocycles. The lowest BCUT2D eigenvalue weighted by atomic mass is 9.98. The van der Waals surface area contributed by atoms with Gasteiger partial charge in [-0.25, -0.2) is 4.79 Å². The molecule has 19 heavy (non-hydrogen) atoms. The number of hydrogen-bond donors (Lipinski definition) is 1. The molecular weight excluding hydrogens is 277 g/mol. The molecule has 110 valence electrons. The number of hydrogen-bond acceptors (Lipinski definition) is 4. The third kappa shape index (κ3) is 4.15. The molecule has 8 heteroatoms. The van der Waals surface area contributed by atoms with E-state index in [1.54, 1.807) is 6.92 Å². The molecule has 6 nitrogen and oxygen atoms in total. The van der Waals surface area contributed by atoms with Crippen LogP contribution >= 0.6 is 0 Å². The minimum absolute atomic E-state index is 0.0245. The molecule has 0 spiro atoms. The summed E-state index contributed by atoms with van der Waals surface area (Å²) < 4.78 is 33.8. The zero-order chi connectivity index (χ0) is 14.8. The van der Waals surface area contributed by atoms with Gasteiger partial charge in [0, 0.05) is 18.9 Å². The number of carbonyl (C=O) groups excluding carboxylic acids is 1. The number of halogens is 1. The van der Waals surface area contributed by atoms with Gasteiger partial charge in [0.05, 0.1) is 5.75 Å². The Kier molecular flexibility index (Phi) is 4.89. The minimum atomic E-state index is -4.65. The number of rotatable bonds is 6. The molecule has 1 aliphatic rings. The topological polar surface area (TPSA) is 91.8 Å². The maximum atomic E-state index is 12.6. The van der Waals surface area contributed by atoms with E-state index in [0.29, 0.717) is 6.42 Å². The lowest BCUT2D eigenvalue weighted by Gasteiger charge is -2.29. The number of aliphatic carboxylic acids is 1. The number of nitrogens with zero attached hydrogens (tertiary/aromatic N) is 1. The van der Waals surface area contributed by atoms with Gasteiger partial charge in [0.2, 0.25) is 5.91 Å². The molecule has 0 aromatic carbocycles. The number of amides is 1. The lowest BCUT2D eigenvalue weighted by Crippen LogP contribution is -2.46. The van der Waals surface area contributed by atoms with Crippen LogP contribution in [0.4, 0.5) is 3.89 Å². The second-order valence-corrected chi connectivity index (χ2v) is 6.40. The Labute approximate surface area is 111 Å². The fourth-order valence-electron chi connectivity index (χ4n) is 2.38. The molecule has 0 radical (unpaired) electrons. The van der Waals surface area contributed by atoms with Crippen LogP contribution in [0.15, 0.2) is 0 Å². The van der Waals surface area contributed by atoms with E-state index in [-0.39, 0.29) is 18.9 Å². The van der Waals surface area contributed by atoms with Crippen LogP contribution in [0.2, 0.25) is 0 Å². The summed E-state index contributed by atoms with van der Waals surface area (Å²) in [6.45, 7) is 3.50.